The van der Waals surface area contributed by atoms with Gasteiger partial charge in [-0.1, -0.05) is 24.3 Å². The lowest BCUT2D eigenvalue weighted by Gasteiger charge is -2.45. The smallest absolute Gasteiger partial charge is 0.407 e. The molecule has 4 heterocycles. The molecule has 3 aliphatic heterocycles. The maximum Gasteiger partial charge on any atom is 0.407 e. The fraction of sp³-hybridized carbons (Fsp3) is 0.533. The van der Waals surface area contributed by atoms with Crippen molar-refractivity contribution in [2.24, 2.45) is 0 Å². The number of fused-ring (bicyclic) bond motifs is 3. The van der Waals surface area contributed by atoms with Crippen molar-refractivity contribution < 1.29 is 9.90 Å². The molecular weight excluding hydrogens is 480 g/mol. The number of piperidine rings is 2. The maximum absolute atomic E-state index is 11.6. The van der Waals surface area contributed by atoms with E-state index in [0.29, 0.717) is 31.2 Å². The Hall–Kier alpha value is -2.51. The number of carbonyl (C=O) groups is 1. The predicted molar refractivity (Wildman–Crippen MR) is 150 cm³/mol. The second kappa shape index (κ2) is 9.99. The minimum Gasteiger partial charge on any atom is -0.465 e. The van der Waals surface area contributed by atoms with Crippen LogP contribution in [0, 0.1) is 6.92 Å². The van der Waals surface area contributed by atoms with E-state index in [2.05, 4.69) is 71.2 Å². The second-order valence-electron chi connectivity index (χ2n) is 11.3. The van der Waals surface area contributed by atoms with Crippen LogP contribution in [-0.2, 0) is 5.41 Å². The Kier molecular flexibility index (Phi) is 6.70. The van der Waals surface area contributed by atoms with Gasteiger partial charge in [-0.15, -0.1) is 11.8 Å². The van der Waals surface area contributed by atoms with Gasteiger partial charge in [0.25, 0.3) is 0 Å². The summed E-state index contributed by atoms with van der Waals surface area (Å²) in [6, 6.07) is 19.3. The number of likely N-dealkylation sites (tertiary alicyclic amines) is 1. The number of carboxylic acid groups (broad SMARTS) is 1. The van der Waals surface area contributed by atoms with Crippen molar-refractivity contribution in [3.8, 4) is 0 Å². The van der Waals surface area contributed by atoms with Crippen LogP contribution in [0.5, 0.6) is 0 Å². The van der Waals surface area contributed by atoms with Crippen molar-refractivity contribution in [1.82, 2.24) is 19.4 Å². The van der Waals surface area contributed by atoms with Crippen LogP contribution in [0.3, 0.4) is 0 Å². The number of rotatable bonds is 6. The van der Waals surface area contributed by atoms with Crippen LogP contribution in [0.4, 0.5) is 4.79 Å². The topological polar surface area (TPSA) is 61.6 Å². The maximum atomic E-state index is 11.6. The van der Waals surface area contributed by atoms with Gasteiger partial charge in [0.15, 0.2) is 0 Å². The highest BCUT2D eigenvalue weighted by molar-refractivity contribution is 7.98. The molecule has 1 aromatic heterocycles. The monoisotopic (exact) mass is 518 g/mol. The van der Waals surface area contributed by atoms with Crippen molar-refractivity contribution in [3.63, 3.8) is 0 Å². The first kappa shape index (κ1) is 24.8. The fourth-order valence-electron chi connectivity index (χ4n) is 7.55. The molecule has 3 atom stereocenters. The molecular formula is C30H38N4O2S. The Morgan fingerprint density at radius 2 is 1.78 bits per heavy atom. The first-order valence-corrected chi connectivity index (χ1v) is 15.0. The molecule has 2 bridgehead atoms. The molecule has 0 aliphatic carbocycles. The summed E-state index contributed by atoms with van der Waals surface area (Å²) in [6.07, 6.45) is 9.22. The zero-order valence-corrected chi connectivity index (χ0v) is 22.8. The molecule has 196 valence electrons. The molecule has 0 spiro atoms. The molecule has 1 unspecified atom stereocenters. The second-order valence-corrected chi connectivity index (χ2v) is 12.2. The van der Waals surface area contributed by atoms with Gasteiger partial charge in [-0.2, -0.15) is 0 Å². The highest BCUT2D eigenvalue weighted by atomic mass is 32.2. The highest BCUT2D eigenvalue weighted by Crippen LogP contribution is 2.45. The van der Waals surface area contributed by atoms with Crippen LogP contribution in [0.1, 0.15) is 62.4 Å². The van der Waals surface area contributed by atoms with Crippen LogP contribution < -0.4 is 0 Å². The zero-order chi connectivity index (χ0) is 25.6. The number of hydrogen-bond donors (Lipinski definition) is 1. The summed E-state index contributed by atoms with van der Waals surface area (Å²) in [7, 11) is 0. The van der Waals surface area contributed by atoms with Gasteiger partial charge < -0.3 is 14.6 Å². The predicted octanol–water partition coefficient (Wildman–Crippen LogP) is 6.34. The Morgan fingerprint density at radius 3 is 2.49 bits per heavy atom. The van der Waals surface area contributed by atoms with Crippen LogP contribution in [0.15, 0.2) is 53.4 Å². The molecule has 3 fully saturated rings. The Labute approximate surface area is 224 Å². The molecule has 6 nitrogen and oxygen atoms in total. The van der Waals surface area contributed by atoms with E-state index in [9.17, 15) is 9.90 Å². The van der Waals surface area contributed by atoms with Crippen LogP contribution in [-0.4, -0.2) is 68.5 Å². The van der Waals surface area contributed by atoms with E-state index in [-0.39, 0.29) is 5.41 Å². The average molecular weight is 519 g/mol. The van der Waals surface area contributed by atoms with E-state index in [1.54, 1.807) is 16.7 Å². The zero-order valence-electron chi connectivity index (χ0n) is 22.0. The lowest BCUT2D eigenvalue weighted by atomic mass is 9.70. The molecule has 37 heavy (non-hydrogen) atoms. The normalized spacial score (nSPS) is 25.6. The molecule has 7 heteroatoms. The third kappa shape index (κ3) is 4.54. The number of amides is 1. The highest BCUT2D eigenvalue weighted by Gasteiger charge is 2.44. The lowest BCUT2D eigenvalue weighted by molar-refractivity contribution is 0.0800. The van der Waals surface area contributed by atoms with Gasteiger partial charge in [0.1, 0.15) is 5.82 Å². The van der Waals surface area contributed by atoms with Gasteiger partial charge >= 0.3 is 6.09 Å². The van der Waals surface area contributed by atoms with E-state index < -0.39 is 6.09 Å². The minimum absolute atomic E-state index is 0.0467. The fourth-order valence-corrected chi connectivity index (χ4v) is 8.01. The van der Waals surface area contributed by atoms with Crippen LogP contribution >= 0.6 is 11.8 Å². The molecule has 3 saturated heterocycles. The summed E-state index contributed by atoms with van der Waals surface area (Å²) < 4.78 is 2.51. The van der Waals surface area contributed by atoms with Crippen molar-refractivity contribution in [1.29, 1.82) is 0 Å². The van der Waals surface area contributed by atoms with E-state index in [1.165, 1.54) is 41.7 Å². The van der Waals surface area contributed by atoms with Crippen molar-refractivity contribution in [3.05, 3.63) is 59.9 Å². The molecule has 2 aromatic carbocycles. The molecule has 0 saturated carbocycles. The molecule has 1 amide bonds. The first-order chi connectivity index (χ1) is 18.0. The van der Waals surface area contributed by atoms with Crippen LogP contribution in [0.2, 0.25) is 0 Å². The summed E-state index contributed by atoms with van der Waals surface area (Å²) >= 11 is 1.79. The summed E-state index contributed by atoms with van der Waals surface area (Å²) in [6.45, 7) is 4.51. The molecule has 3 aromatic rings. The van der Waals surface area contributed by atoms with E-state index in [1.807, 2.05) is 0 Å². The SMILES string of the molecule is CSc1cccc(C2(CCN3[C@@H]4CC[C@H]3CC(n3c(C)nc5ccccc53)C4)CCN(C(=O)O)CC2)c1. The molecule has 3 aliphatic rings. The third-order valence-corrected chi connectivity index (χ3v) is 10.2. The molecule has 6 rings (SSSR count). The summed E-state index contributed by atoms with van der Waals surface area (Å²) in [5, 5.41) is 9.57. The Balaban J connectivity index is 1.21. The van der Waals surface area contributed by atoms with Gasteiger partial charge in [-0.3, -0.25) is 4.90 Å². The van der Waals surface area contributed by atoms with Crippen molar-refractivity contribution in [2.45, 2.75) is 80.3 Å². The van der Waals surface area contributed by atoms with Gasteiger partial charge in [0.05, 0.1) is 11.0 Å². The van der Waals surface area contributed by atoms with E-state index in [0.717, 1.165) is 37.1 Å². The number of aryl methyl sites for hydroxylation is 1. The van der Waals surface area contributed by atoms with Gasteiger partial charge in [-0.25, -0.2) is 9.78 Å². The average Bonchev–Trinajstić information content (AvgIpc) is 3.38. The number of imidazole rings is 1. The standard InChI is InChI=1S/C30H38N4O2S/c1-21-31-27-8-3-4-9-28(27)34(21)25-19-23-10-11-24(20-25)33(23)17-14-30(12-15-32(16-13-30)29(35)36)22-6-5-7-26(18-22)37-2/h3-9,18,23-25H,10-17,19-20H2,1-2H3,(H,35,36)/t23-,24+,25?. The Bertz CT molecular complexity index is 1270. The summed E-state index contributed by atoms with van der Waals surface area (Å²) in [5.74, 6) is 1.14. The van der Waals surface area contributed by atoms with Gasteiger partial charge in [0, 0.05) is 36.1 Å². The third-order valence-electron chi connectivity index (χ3n) is 9.52. The lowest BCUT2D eigenvalue weighted by Crippen LogP contribution is -2.48. The van der Waals surface area contributed by atoms with E-state index >= 15 is 0 Å². The van der Waals surface area contributed by atoms with Crippen molar-refractivity contribution in [2.75, 3.05) is 25.9 Å². The van der Waals surface area contributed by atoms with Crippen LogP contribution in [0.25, 0.3) is 11.0 Å². The molecule has 1 N–H and O–H groups in total. The van der Waals surface area contributed by atoms with Crippen molar-refractivity contribution >= 4 is 28.9 Å². The number of benzene rings is 2. The van der Waals surface area contributed by atoms with E-state index in [4.69, 9.17) is 4.98 Å². The first-order valence-electron chi connectivity index (χ1n) is 13.8. The number of hydrogen-bond acceptors (Lipinski definition) is 4. The summed E-state index contributed by atoms with van der Waals surface area (Å²) in [5.41, 5.74) is 3.82. The van der Waals surface area contributed by atoms with Gasteiger partial charge in [0.2, 0.25) is 0 Å². The molecule has 0 radical (unpaired) electrons. The van der Waals surface area contributed by atoms with Gasteiger partial charge in [-0.05, 0) is 99.9 Å². The summed E-state index contributed by atoms with van der Waals surface area (Å²) in [4.78, 5) is 22.2. The quantitative estimate of drug-likeness (QED) is 0.386. The Morgan fingerprint density at radius 1 is 1.05 bits per heavy atom. The number of para-hydroxylation sites is 2. The largest absolute Gasteiger partial charge is 0.465 e. The number of aromatic nitrogens is 2. The number of nitrogens with zero attached hydrogens (tertiary/aromatic N) is 4. The number of thioether (sulfide) groups is 1. The minimum atomic E-state index is -0.783.